The lowest BCUT2D eigenvalue weighted by Gasteiger charge is -2.26. The molecule has 0 unspecified atom stereocenters. The Bertz CT molecular complexity index is 1620. The van der Waals surface area contributed by atoms with Crippen molar-refractivity contribution in [1.82, 2.24) is 39.6 Å². The van der Waals surface area contributed by atoms with Crippen LogP contribution in [0.25, 0.3) is 17.0 Å². The van der Waals surface area contributed by atoms with Gasteiger partial charge in [0.2, 0.25) is 0 Å². The number of pyridine rings is 1. The number of fused-ring (bicyclic) bond motifs is 2. The van der Waals surface area contributed by atoms with Crippen LogP contribution >= 0.6 is 0 Å². The van der Waals surface area contributed by atoms with Crippen molar-refractivity contribution < 1.29 is 23.1 Å². The number of amides is 1. The Labute approximate surface area is 232 Å². The lowest BCUT2D eigenvalue weighted by molar-refractivity contribution is -0.00177. The Hall–Kier alpha value is -4.55. The summed E-state index contributed by atoms with van der Waals surface area (Å²) < 4.78 is 43.3. The van der Waals surface area contributed by atoms with Gasteiger partial charge in [0.25, 0.3) is 12.3 Å². The monoisotopic (exact) mass is 568 g/mol. The van der Waals surface area contributed by atoms with Crippen molar-refractivity contribution in [2.75, 3.05) is 25.0 Å². The first kappa shape index (κ1) is 28.0. The molecule has 1 aliphatic rings. The molecule has 0 saturated heterocycles. The van der Waals surface area contributed by atoms with Gasteiger partial charge in [0.05, 0.1) is 65.8 Å². The van der Waals surface area contributed by atoms with Gasteiger partial charge < -0.3 is 15.7 Å². The molecule has 12 nitrogen and oxygen atoms in total. The van der Waals surface area contributed by atoms with Gasteiger partial charge in [-0.2, -0.15) is 15.5 Å². The number of aromatic nitrogens is 6. The molecule has 1 atom stereocenters. The third kappa shape index (κ3) is 6.13. The number of hydrogen-bond donors (Lipinski definition) is 3. The highest BCUT2D eigenvalue weighted by molar-refractivity contribution is 6.00. The van der Waals surface area contributed by atoms with E-state index in [0.717, 1.165) is 5.69 Å². The number of rotatable bonds is 9. The molecular formula is C26H27F3N10O2. The molecule has 0 bridgehead atoms. The van der Waals surface area contributed by atoms with Crippen LogP contribution in [0.15, 0.2) is 36.8 Å². The predicted octanol–water partition coefficient (Wildman–Crippen LogP) is 2.52. The molecule has 5 heterocycles. The fraction of sp³-hybridized carbons (Fsp3) is 0.385. The van der Waals surface area contributed by atoms with Gasteiger partial charge in [-0.1, -0.05) is 0 Å². The number of hydrogen-bond acceptors (Lipinski definition) is 9. The molecule has 0 radical (unpaired) electrons. The van der Waals surface area contributed by atoms with E-state index in [4.69, 9.17) is 5.26 Å². The second kappa shape index (κ2) is 11.1. The number of nitriles is 1. The minimum atomic E-state index is -2.45. The third-order valence-corrected chi connectivity index (χ3v) is 6.65. The molecule has 0 fully saturated rings. The average molecular weight is 569 g/mol. The number of alkyl halides is 3. The van der Waals surface area contributed by atoms with E-state index in [9.17, 15) is 23.1 Å². The maximum Gasteiger partial charge on any atom is 0.255 e. The first-order chi connectivity index (χ1) is 19.5. The van der Waals surface area contributed by atoms with Gasteiger partial charge >= 0.3 is 0 Å². The summed E-state index contributed by atoms with van der Waals surface area (Å²) in [6.45, 7) is 2.98. The highest BCUT2D eigenvalue weighted by Crippen LogP contribution is 2.28. The first-order valence-corrected chi connectivity index (χ1v) is 12.7. The lowest BCUT2D eigenvalue weighted by Crippen LogP contribution is -2.42. The standard InChI is InChI=1S/C26H27F3N10O2/c1-26(2,41)21(27)12-33-25(40)17-10-31-19(20-11-32-24-5-15(8-30)9-34-39(20)24)7-18(17)35-23-6-16-13-37(14-22(28)29)3-4-38(16)36-23/h5-7,9-11,21-22,41H,3-4,12-14H2,1-2H3,(H,33,40)(H,31,35,36)/t21-/m1/s1. The zero-order chi connectivity index (χ0) is 29.3. The number of nitrogens with one attached hydrogen (secondary N) is 2. The summed E-state index contributed by atoms with van der Waals surface area (Å²) in [5.41, 5.74) is 1.08. The smallest absolute Gasteiger partial charge is 0.255 e. The number of nitrogens with zero attached hydrogens (tertiary/aromatic N) is 8. The van der Waals surface area contributed by atoms with Crippen LogP contribution in [0, 0.1) is 11.3 Å². The van der Waals surface area contributed by atoms with Crippen LogP contribution < -0.4 is 10.6 Å². The lowest BCUT2D eigenvalue weighted by atomic mass is 10.0. The van der Waals surface area contributed by atoms with E-state index >= 15 is 0 Å². The molecule has 214 valence electrons. The molecule has 4 aromatic heterocycles. The van der Waals surface area contributed by atoms with Gasteiger partial charge in [0.15, 0.2) is 11.5 Å². The third-order valence-electron chi connectivity index (χ3n) is 6.65. The number of carbonyl (C=O) groups is 1. The number of imidazole rings is 1. The van der Waals surface area contributed by atoms with Crippen molar-refractivity contribution in [3.05, 3.63) is 53.6 Å². The summed E-state index contributed by atoms with van der Waals surface area (Å²) in [5.74, 6) is -0.264. The Kier molecular flexibility index (Phi) is 7.61. The summed E-state index contributed by atoms with van der Waals surface area (Å²) in [6, 6.07) is 6.88. The van der Waals surface area contributed by atoms with Gasteiger partial charge in [-0.25, -0.2) is 22.7 Å². The second-order valence-electron chi connectivity index (χ2n) is 10.2. The number of anilines is 2. The van der Waals surface area contributed by atoms with Gasteiger partial charge in [-0.05, 0) is 19.9 Å². The molecule has 3 N–H and O–H groups in total. The molecule has 41 heavy (non-hydrogen) atoms. The van der Waals surface area contributed by atoms with Crippen molar-refractivity contribution in [2.45, 2.75) is 45.1 Å². The van der Waals surface area contributed by atoms with Crippen LogP contribution in [0.1, 0.15) is 35.5 Å². The summed E-state index contributed by atoms with van der Waals surface area (Å²) >= 11 is 0. The molecule has 0 aromatic carbocycles. The predicted molar refractivity (Wildman–Crippen MR) is 141 cm³/mol. The maximum absolute atomic E-state index is 14.3. The van der Waals surface area contributed by atoms with E-state index in [1.807, 2.05) is 6.07 Å². The van der Waals surface area contributed by atoms with Crippen LogP contribution in [0.4, 0.5) is 24.7 Å². The van der Waals surface area contributed by atoms with Crippen LogP contribution in [0.5, 0.6) is 0 Å². The molecule has 1 amide bonds. The zero-order valence-corrected chi connectivity index (χ0v) is 22.2. The normalized spacial score (nSPS) is 14.6. The minimum absolute atomic E-state index is 0.0792. The Morgan fingerprint density at radius 2 is 1.98 bits per heavy atom. The number of carbonyl (C=O) groups excluding carboxylic acids is 1. The van der Waals surface area contributed by atoms with Crippen LogP contribution in [-0.2, 0) is 13.1 Å². The first-order valence-electron chi connectivity index (χ1n) is 12.7. The van der Waals surface area contributed by atoms with Crippen molar-refractivity contribution >= 4 is 23.1 Å². The SMILES string of the molecule is CC(C)(O)[C@H](F)CNC(=O)c1cnc(-c2cnc3cc(C#N)cnn23)cc1Nc1cc2n(n1)CCN(CC(F)F)C2. The van der Waals surface area contributed by atoms with Crippen molar-refractivity contribution in [1.29, 1.82) is 5.26 Å². The Balaban J connectivity index is 1.47. The second-order valence-corrected chi connectivity index (χ2v) is 10.2. The maximum atomic E-state index is 14.3. The minimum Gasteiger partial charge on any atom is -0.387 e. The van der Waals surface area contributed by atoms with E-state index < -0.39 is 30.7 Å². The molecular weight excluding hydrogens is 541 g/mol. The Morgan fingerprint density at radius 3 is 2.71 bits per heavy atom. The van der Waals surface area contributed by atoms with E-state index in [-0.39, 0.29) is 17.8 Å². The number of aliphatic hydroxyl groups is 1. The fourth-order valence-electron chi connectivity index (χ4n) is 4.39. The quantitative estimate of drug-likeness (QED) is 0.277. The highest BCUT2D eigenvalue weighted by Gasteiger charge is 2.28. The molecule has 15 heteroatoms. The summed E-state index contributed by atoms with van der Waals surface area (Å²) in [4.78, 5) is 23.4. The summed E-state index contributed by atoms with van der Waals surface area (Å²) in [5, 5.41) is 33.4. The van der Waals surface area contributed by atoms with Gasteiger partial charge in [0, 0.05) is 31.4 Å². The number of halogens is 3. The van der Waals surface area contributed by atoms with E-state index in [2.05, 4.69) is 30.8 Å². The summed E-state index contributed by atoms with van der Waals surface area (Å²) in [6.07, 6.45) is 0.0720. The van der Waals surface area contributed by atoms with Gasteiger partial charge in [-0.3, -0.25) is 19.4 Å². The van der Waals surface area contributed by atoms with Gasteiger partial charge in [-0.15, -0.1) is 0 Å². The largest absolute Gasteiger partial charge is 0.387 e. The molecule has 4 aromatic rings. The molecule has 0 aliphatic carbocycles. The fourth-order valence-corrected chi connectivity index (χ4v) is 4.39. The Morgan fingerprint density at radius 1 is 1.17 bits per heavy atom. The van der Waals surface area contributed by atoms with Crippen LogP contribution in [-0.4, -0.2) is 83.1 Å². The molecule has 0 spiro atoms. The molecule has 0 saturated carbocycles. The molecule has 5 rings (SSSR count). The van der Waals surface area contributed by atoms with Crippen LogP contribution in [0.3, 0.4) is 0 Å². The van der Waals surface area contributed by atoms with E-state index in [0.29, 0.717) is 48.1 Å². The topological polar surface area (TPSA) is 149 Å². The van der Waals surface area contributed by atoms with Crippen LogP contribution in [0.2, 0.25) is 0 Å². The van der Waals surface area contributed by atoms with Crippen molar-refractivity contribution in [3.63, 3.8) is 0 Å². The van der Waals surface area contributed by atoms with Gasteiger partial charge in [0.1, 0.15) is 17.9 Å². The molecule has 1 aliphatic heterocycles. The van der Waals surface area contributed by atoms with E-state index in [1.54, 1.807) is 27.8 Å². The zero-order valence-electron chi connectivity index (χ0n) is 22.2. The summed E-state index contributed by atoms with van der Waals surface area (Å²) in [7, 11) is 0. The van der Waals surface area contributed by atoms with Crippen molar-refractivity contribution in [2.24, 2.45) is 0 Å². The average Bonchev–Trinajstić information content (AvgIpc) is 3.53. The highest BCUT2D eigenvalue weighted by atomic mass is 19.3. The van der Waals surface area contributed by atoms with E-state index in [1.165, 1.54) is 37.0 Å². The van der Waals surface area contributed by atoms with Crippen molar-refractivity contribution in [3.8, 4) is 17.5 Å².